The highest BCUT2D eigenvalue weighted by Crippen LogP contribution is 2.42. The molecular formula is C52H34N2O. The SMILES string of the molecule is c1ccc(-c2ccc3c(c2)oc2c4ccccc4c(-c4ccc(N(c5ccccc5)c5ccc(-n6c7ccccc7c7ccccc76)cc5)cc4)cc32)cc1. The summed E-state index contributed by atoms with van der Waals surface area (Å²) < 4.78 is 9.00. The number of anilines is 3. The third kappa shape index (κ3) is 5.13. The van der Waals surface area contributed by atoms with Crippen LogP contribution in [0.3, 0.4) is 0 Å². The summed E-state index contributed by atoms with van der Waals surface area (Å²) in [5, 5.41) is 7.06. The first-order valence-electron chi connectivity index (χ1n) is 18.8. The van der Waals surface area contributed by atoms with Crippen LogP contribution < -0.4 is 4.90 Å². The van der Waals surface area contributed by atoms with Crippen LogP contribution in [0.5, 0.6) is 0 Å². The highest BCUT2D eigenvalue weighted by molar-refractivity contribution is 6.19. The van der Waals surface area contributed by atoms with Gasteiger partial charge in [0.05, 0.1) is 11.0 Å². The largest absolute Gasteiger partial charge is 0.455 e. The number of para-hydroxylation sites is 3. The first kappa shape index (κ1) is 31.2. The second-order valence-corrected chi connectivity index (χ2v) is 14.1. The molecule has 11 aromatic rings. The molecule has 0 unspecified atom stereocenters. The zero-order chi connectivity index (χ0) is 36.3. The number of hydrogen-bond donors (Lipinski definition) is 0. The van der Waals surface area contributed by atoms with Crippen molar-refractivity contribution in [3.63, 3.8) is 0 Å². The number of nitrogens with zero attached hydrogens (tertiary/aromatic N) is 2. The summed E-state index contributed by atoms with van der Waals surface area (Å²) in [6.07, 6.45) is 0. The molecule has 0 saturated heterocycles. The molecule has 0 aliphatic rings. The van der Waals surface area contributed by atoms with Gasteiger partial charge in [0.2, 0.25) is 0 Å². The van der Waals surface area contributed by atoms with E-state index in [-0.39, 0.29) is 0 Å². The number of benzene rings is 9. The van der Waals surface area contributed by atoms with Crippen molar-refractivity contribution in [3.05, 3.63) is 206 Å². The van der Waals surface area contributed by atoms with Crippen LogP contribution in [0.15, 0.2) is 211 Å². The molecule has 0 N–H and O–H groups in total. The van der Waals surface area contributed by atoms with E-state index in [0.717, 1.165) is 61.2 Å². The second kappa shape index (κ2) is 12.6. The van der Waals surface area contributed by atoms with Crippen LogP contribution in [0.4, 0.5) is 17.1 Å². The summed E-state index contributed by atoms with van der Waals surface area (Å²) in [6.45, 7) is 0. The van der Waals surface area contributed by atoms with Crippen LogP contribution in [0, 0.1) is 0 Å². The molecule has 0 amide bonds. The van der Waals surface area contributed by atoms with Gasteiger partial charge >= 0.3 is 0 Å². The molecule has 0 aliphatic carbocycles. The number of rotatable bonds is 6. The van der Waals surface area contributed by atoms with Gasteiger partial charge in [-0.05, 0) is 107 Å². The van der Waals surface area contributed by atoms with Crippen LogP contribution in [0.25, 0.3) is 82.5 Å². The molecule has 55 heavy (non-hydrogen) atoms. The number of furan rings is 1. The zero-order valence-corrected chi connectivity index (χ0v) is 29.9. The van der Waals surface area contributed by atoms with Gasteiger partial charge in [-0.25, -0.2) is 0 Å². The summed E-state index contributed by atoms with van der Waals surface area (Å²) in [5.74, 6) is 0. The van der Waals surface area contributed by atoms with E-state index in [9.17, 15) is 0 Å². The van der Waals surface area contributed by atoms with E-state index < -0.39 is 0 Å². The molecule has 0 saturated carbocycles. The molecule has 9 aromatic carbocycles. The molecular weight excluding hydrogens is 669 g/mol. The quantitative estimate of drug-likeness (QED) is 0.172. The molecule has 3 nitrogen and oxygen atoms in total. The van der Waals surface area contributed by atoms with Gasteiger partial charge < -0.3 is 13.9 Å². The highest BCUT2D eigenvalue weighted by atomic mass is 16.3. The summed E-state index contributed by atoms with van der Waals surface area (Å²) >= 11 is 0. The number of aromatic nitrogens is 1. The topological polar surface area (TPSA) is 21.3 Å². The van der Waals surface area contributed by atoms with Crippen molar-refractivity contribution in [1.82, 2.24) is 4.57 Å². The predicted octanol–water partition coefficient (Wildman–Crippen LogP) is 14.6. The van der Waals surface area contributed by atoms with Gasteiger partial charge in [-0.3, -0.25) is 0 Å². The summed E-state index contributed by atoms with van der Waals surface area (Å²) in [5.41, 5.74) is 13.3. The Kier molecular flexibility index (Phi) is 7.17. The van der Waals surface area contributed by atoms with Gasteiger partial charge in [0.1, 0.15) is 11.2 Å². The molecule has 11 rings (SSSR count). The summed E-state index contributed by atoms with van der Waals surface area (Å²) in [6, 6.07) is 73.8. The van der Waals surface area contributed by atoms with E-state index in [2.05, 4.69) is 210 Å². The summed E-state index contributed by atoms with van der Waals surface area (Å²) in [4.78, 5) is 2.33. The van der Waals surface area contributed by atoms with E-state index >= 15 is 0 Å². The first-order chi connectivity index (χ1) is 27.3. The Labute approximate surface area is 318 Å². The molecule has 3 heteroatoms. The number of fused-ring (bicyclic) bond motifs is 8. The molecule has 0 fully saturated rings. The van der Waals surface area contributed by atoms with Crippen LogP contribution in [0.2, 0.25) is 0 Å². The molecule has 0 atom stereocenters. The molecule has 0 aliphatic heterocycles. The van der Waals surface area contributed by atoms with Crippen LogP contribution in [0.1, 0.15) is 0 Å². The Bertz CT molecular complexity index is 3120. The van der Waals surface area contributed by atoms with E-state index in [4.69, 9.17) is 4.42 Å². The van der Waals surface area contributed by atoms with Crippen molar-refractivity contribution in [2.24, 2.45) is 0 Å². The van der Waals surface area contributed by atoms with Gasteiger partial charge in [0, 0.05) is 49.7 Å². The average Bonchev–Trinajstić information content (AvgIpc) is 3.80. The maximum atomic E-state index is 6.63. The lowest BCUT2D eigenvalue weighted by Gasteiger charge is -2.26. The maximum Gasteiger partial charge on any atom is 0.143 e. The van der Waals surface area contributed by atoms with Gasteiger partial charge in [-0.15, -0.1) is 0 Å². The fraction of sp³-hybridized carbons (Fsp3) is 0. The minimum absolute atomic E-state index is 0.900. The second-order valence-electron chi connectivity index (χ2n) is 14.1. The number of hydrogen-bond acceptors (Lipinski definition) is 2. The lowest BCUT2D eigenvalue weighted by molar-refractivity contribution is 0.673. The monoisotopic (exact) mass is 702 g/mol. The van der Waals surface area contributed by atoms with Crippen molar-refractivity contribution in [2.75, 3.05) is 4.90 Å². The van der Waals surface area contributed by atoms with Crippen LogP contribution >= 0.6 is 0 Å². The third-order valence-electron chi connectivity index (χ3n) is 11.0. The third-order valence-corrected chi connectivity index (χ3v) is 11.0. The Morgan fingerprint density at radius 3 is 1.55 bits per heavy atom. The smallest absolute Gasteiger partial charge is 0.143 e. The van der Waals surface area contributed by atoms with Crippen molar-refractivity contribution < 1.29 is 4.42 Å². The molecule has 2 aromatic heterocycles. The van der Waals surface area contributed by atoms with Gasteiger partial charge in [-0.2, -0.15) is 0 Å². The first-order valence-corrected chi connectivity index (χ1v) is 18.8. The van der Waals surface area contributed by atoms with Gasteiger partial charge in [-0.1, -0.05) is 127 Å². The van der Waals surface area contributed by atoms with Crippen molar-refractivity contribution in [3.8, 4) is 27.9 Å². The Morgan fingerprint density at radius 1 is 0.345 bits per heavy atom. The van der Waals surface area contributed by atoms with Crippen molar-refractivity contribution in [2.45, 2.75) is 0 Å². The molecule has 0 radical (unpaired) electrons. The van der Waals surface area contributed by atoms with Gasteiger partial charge in [0.15, 0.2) is 0 Å². The Balaban J connectivity index is 1.00. The van der Waals surface area contributed by atoms with Crippen molar-refractivity contribution >= 4 is 71.6 Å². The highest BCUT2D eigenvalue weighted by Gasteiger charge is 2.18. The van der Waals surface area contributed by atoms with E-state index in [1.165, 1.54) is 38.3 Å². The molecule has 2 heterocycles. The standard InChI is InChI=1S/C52H34N2O/c1-3-13-35(14-4-1)37-25-32-45-48-34-47(42-17-7-8-20-46(42)52(48)55-51(45)33-37)36-23-26-39(27-24-36)53(38-15-5-2-6-16-38)40-28-30-41(31-29-40)54-49-21-11-9-18-43(49)44-19-10-12-22-50(44)54/h1-34H. The predicted molar refractivity (Wildman–Crippen MR) is 231 cm³/mol. The minimum atomic E-state index is 0.900. The lowest BCUT2D eigenvalue weighted by Crippen LogP contribution is -2.10. The van der Waals surface area contributed by atoms with E-state index in [0.29, 0.717) is 0 Å². The maximum absolute atomic E-state index is 6.63. The lowest BCUT2D eigenvalue weighted by atomic mass is 9.95. The van der Waals surface area contributed by atoms with Gasteiger partial charge in [0.25, 0.3) is 0 Å². The fourth-order valence-electron chi connectivity index (χ4n) is 8.41. The van der Waals surface area contributed by atoms with E-state index in [1.807, 2.05) is 6.07 Å². The van der Waals surface area contributed by atoms with Crippen LogP contribution in [-0.2, 0) is 0 Å². The fourth-order valence-corrected chi connectivity index (χ4v) is 8.41. The average molecular weight is 703 g/mol. The molecule has 0 bridgehead atoms. The van der Waals surface area contributed by atoms with E-state index in [1.54, 1.807) is 0 Å². The van der Waals surface area contributed by atoms with Crippen molar-refractivity contribution in [1.29, 1.82) is 0 Å². The normalized spacial score (nSPS) is 11.6. The Morgan fingerprint density at radius 2 is 0.873 bits per heavy atom. The molecule has 0 spiro atoms. The Hall–Kier alpha value is -7.36. The van der Waals surface area contributed by atoms with Crippen LogP contribution in [-0.4, -0.2) is 4.57 Å². The minimum Gasteiger partial charge on any atom is -0.455 e. The molecule has 258 valence electrons. The summed E-state index contributed by atoms with van der Waals surface area (Å²) in [7, 11) is 0. The zero-order valence-electron chi connectivity index (χ0n) is 29.9.